The topological polar surface area (TPSA) is 50.8 Å². The molecule has 1 unspecified atom stereocenters. The van der Waals surface area contributed by atoms with Crippen LogP contribution in [-0.4, -0.2) is 50.2 Å². The molecule has 1 heterocycles. The fourth-order valence-electron chi connectivity index (χ4n) is 2.97. The van der Waals surface area contributed by atoms with Gasteiger partial charge in [0, 0.05) is 28.7 Å². The molecule has 1 aliphatic carbocycles. The van der Waals surface area contributed by atoms with Crippen LogP contribution in [0.4, 0.5) is 0 Å². The number of carbonyl (C=O) groups excluding carboxylic acids is 1. The molecule has 120 valence electrons. The molecule has 1 atom stereocenters. The monoisotopic (exact) mass is 416 g/mol. The molecular weight excluding hydrogens is 395 g/mol. The van der Waals surface area contributed by atoms with E-state index in [1.54, 1.807) is 20.3 Å². The van der Waals surface area contributed by atoms with Crippen LogP contribution in [-0.2, 0) is 0 Å². The van der Waals surface area contributed by atoms with Gasteiger partial charge in [0.1, 0.15) is 0 Å². The number of ether oxygens (including phenoxy) is 2. The number of nitrogens with one attached hydrogen (secondary N) is 1. The maximum Gasteiger partial charge on any atom is 0.252 e. The fourth-order valence-corrected chi connectivity index (χ4v) is 3.65. The number of likely N-dealkylation sites (tertiary alicyclic amines) is 1. The van der Waals surface area contributed by atoms with Crippen molar-refractivity contribution < 1.29 is 14.3 Å². The lowest BCUT2D eigenvalue weighted by atomic mass is 10.1. The summed E-state index contributed by atoms with van der Waals surface area (Å²) in [5, 5.41) is 3.16. The SMILES string of the molecule is COc1cc(I)c(C(=O)NC2CCN(C3CC3)C2)cc1OC. The van der Waals surface area contributed by atoms with E-state index in [0.29, 0.717) is 17.1 Å². The van der Waals surface area contributed by atoms with E-state index in [2.05, 4.69) is 32.8 Å². The molecule has 0 aromatic heterocycles. The minimum absolute atomic E-state index is 0.0343. The zero-order valence-electron chi connectivity index (χ0n) is 12.9. The number of carbonyl (C=O) groups is 1. The smallest absolute Gasteiger partial charge is 0.252 e. The molecule has 0 spiro atoms. The van der Waals surface area contributed by atoms with Gasteiger partial charge in [-0.15, -0.1) is 0 Å². The van der Waals surface area contributed by atoms with Crippen molar-refractivity contribution in [2.24, 2.45) is 0 Å². The van der Waals surface area contributed by atoms with Gasteiger partial charge in [-0.1, -0.05) is 0 Å². The van der Waals surface area contributed by atoms with Gasteiger partial charge in [-0.3, -0.25) is 9.69 Å². The fraction of sp³-hybridized carbons (Fsp3) is 0.562. The van der Waals surface area contributed by atoms with Crippen molar-refractivity contribution in [2.45, 2.75) is 31.3 Å². The van der Waals surface area contributed by atoms with Gasteiger partial charge in [0.05, 0.1) is 19.8 Å². The highest BCUT2D eigenvalue weighted by molar-refractivity contribution is 14.1. The number of halogens is 1. The molecule has 0 bridgehead atoms. The number of amides is 1. The Morgan fingerprint density at radius 1 is 1.23 bits per heavy atom. The molecule has 1 aromatic carbocycles. The lowest BCUT2D eigenvalue weighted by molar-refractivity contribution is 0.0936. The molecule has 2 aliphatic rings. The zero-order valence-corrected chi connectivity index (χ0v) is 15.1. The molecule has 5 nitrogen and oxygen atoms in total. The number of nitrogens with zero attached hydrogens (tertiary/aromatic N) is 1. The van der Waals surface area contributed by atoms with E-state index in [-0.39, 0.29) is 11.9 Å². The predicted molar refractivity (Wildman–Crippen MR) is 92.7 cm³/mol. The van der Waals surface area contributed by atoms with Crippen molar-refractivity contribution in [3.8, 4) is 11.5 Å². The number of rotatable bonds is 5. The summed E-state index contributed by atoms with van der Waals surface area (Å²) >= 11 is 2.16. The molecule has 1 aromatic rings. The highest BCUT2D eigenvalue weighted by Crippen LogP contribution is 2.32. The zero-order chi connectivity index (χ0) is 15.7. The largest absolute Gasteiger partial charge is 0.493 e. The Morgan fingerprint density at radius 3 is 2.55 bits per heavy atom. The second-order valence-electron chi connectivity index (χ2n) is 5.87. The van der Waals surface area contributed by atoms with Crippen molar-refractivity contribution in [3.05, 3.63) is 21.3 Å². The first-order chi connectivity index (χ1) is 10.6. The van der Waals surface area contributed by atoms with E-state index in [9.17, 15) is 4.79 Å². The van der Waals surface area contributed by atoms with Crippen molar-refractivity contribution in [1.29, 1.82) is 0 Å². The number of hydrogen-bond acceptors (Lipinski definition) is 4. The van der Waals surface area contributed by atoms with Gasteiger partial charge in [0.2, 0.25) is 0 Å². The van der Waals surface area contributed by atoms with E-state index in [0.717, 1.165) is 29.1 Å². The van der Waals surface area contributed by atoms with Gasteiger partial charge < -0.3 is 14.8 Å². The first-order valence-corrected chi connectivity index (χ1v) is 8.66. The third-order valence-corrected chi connectivity index (χ3v) is 5.23. The maximum atomic E-state index is 12.6. The van der Waals surface area contributed by atoms with Gasteiger partial charge >= 0.3 is 0 Å². The first kappa shape index (κ1) is 15.9. The predicted octanol–water partition coefficient (Wildman–Crippen LogP) is 2.27. The Hall–Kier alpha value is -1.02. The van der Waals surface area contributed by atoms with E-state index < -0.39 is 0 Å². The van der Waals surface area contributed by atoms with Crippen LogP contribution >= 0.6 is 22.6 Å². The summed E-state index contributed by atoms with van der Waals surface area (Å²) in [6.45, 7) is 2.07. The minimum Gasteiger partial charge on any atom is -0.493 e. The maximum absolute atomic E-state index is 12.6. The first-order valence-electron chi connectivity index (χ1n) is 7.58. The third-order valence-electron chi connectivity index (χ3n) is 4.34. The van der Waals surface area contributed by atoms with Gasteiger partial charge in [0.25, 0.3) is 5.91 Å². The Bertz CT molecular complexity index is 575. The molecule has 1 saturated carbocycles. The molecule has 1 aliphatic heterocycles. The molecule has 22 heavy (non-hydrogen) atoms. The quantitative estimate of drug-likeness (QED) is 0.749. The van der Waals surface area contributed by atoms with Gasteiger partial charge in [0.15, 0.2) is 11.5 Å². The Kier molecular flexibility index (Phi) is 4.77. The summed E-state index contributed by atoms with van der Waals surface area (Å²) in [6.07, 6.45) is 3.66. The minimum atomic E-state index is -0.0343. The summed E-state index contributed by atoms with van der Waals surface area (Å²) in [7, 11) is 3.18. The number of methoxy groups -OCH3 is 2. The second kappa shape index (κ2) is 6.62. The van der Waals surface area contributed by atoms with Crippen LogP contribution in [0.2, 0.25) is 0 Å². The van der Waals surface area contributed by atoms with Crippen LogP contribution in [0.15, 0.2) is 12.1 Å². The standard InChI is InChI=1S/C16H21IN2O3/c1-21-14-7-12(13(17)8-15(14)22-2)16(20)18-10-5-6-19(9-10)11-3-4-11/h7-8,10-11H,3-6,9H2,1-2H3,(H,18,20). The van der Waals surface area contributed by atoms with Crippen LogP contribution in [0.1, 0.15) is 29.6 Å². The summed E-state index contributed by atoms with van der Waals surface area (Å²) in [4.78, 5) is 15.0. The van der Waals surface area contributed by atoms with E-state index in [1.807, 2.05) is 6.07 Å². The molecule has 3 rings (SSSR count). The van der Waals surface area contributed by atoms with Crippen molar-refractivity contribution in [1.82, 2.24) is 10.2 Å². The van der Waals surface area contributed by atoms with Crippen LogP contribution in [0.5, 0.6) is 11.5 Å². The Morgan fingerprint density at radius 2 is 1.91 bits per heavy atom. The summed E-state index contributed by atoms with van der Waals surface area (Å²) in [6, 6.07) is 4.60. The third kappa shape index (κ3) is 3.32. The normalized spacial score (nSPS) is 21.7. The molecule has 1 N–H and O–H groups in total. The molecule has 0 radical (unpaired) electrons. The van der Waals surface area contributed by atoms with Crippen LogP contribution in [0.25, 0.3) is 0 Å². The van der Waals surface area contributed by atoms with Crippen LogP contribution in [0, 0.1) is 3.57 Å². The van der Waals surface area contributed by atoms with Crippen molar-refractivity contribution >= 4 is 28.5 Å². The summed E-state index contributed by atoms with van der Waals surface area (Å²) in [5.41, 5.74) is 0.642. The molecular formula is C16H21IN2O3. The number of hydrogen-bond donors (Lipinski definition) is 1. The lowest BCUT2D eigenvalue weighted by Gasteiger charge is -2.17. The van der Waals surface area contributed by atoms with Crippen molar-refractivity contribution in [2.75, 3.05) is 27.3 Å². The van der Waals surface area contributed by atoms with Gasteiger partial charge in [-0.05, 0) is 54.0 Å². The highest BCUT2D eigenvalue weighted by Gasteiger charge is 2.35. The average molecular weight is 416 g/mol. The summed E-state index contributed by atoms with van der Waals surface area (Å²) in [5.74, 6) is 1.19. The van der Waals surface area contributed by atoms with Gasteiger partial charge in [-0.25, -0.2) is 0 Å². The highest BCUT2D eigenvalue weighted by atomic mass is 127. The Labute approximate surface area is 144 Å². The van der Waals surface area contributed by atoms with E-state index in [4.69, 9.17) is 9.47 Å². The van der Waals surface area contributed by atoms with Crippen molar-refractivity contribution in [3.63, 3.8) is 0 Å². The average Bonchev–Trinajstić information content (AvgIpc) is 3.27. The molecule has 6 heteroatoms. The van der Waals surface area contributed by atoms with E-state index >= 15 is 0 Å². The van der Waals surface area contributed by atoms with Crippen LogP contribution < -0.4 is 14.8 Å². The summed E-state index contributed by atoms with van der Waals surface area (Å²) < 4.78 is 11.4. The molecule has 2 fully saturated rings. The lowest BCUT2D eigenvalue weighted by Crippen LogP contribution is -2.37. The molecule has 1 amide bonds. The number of benzene rings is 1. The van der Waals surface area contributed by atoms with Crippen LogP contribution in [0.3, 0.4) is 0 Å². The van der Waals surface area contributed by atoms with Gasteiger partial charge in [-0.2, -0.15) is 0 Å². The van der Waals surface area contributed by atoms with E-state index in [1.165, 1.54) is 12.8 Å². The second-order valence-corrected chi connectivity index (χ2v) is 7.03. The molecule has 1 saturated heterocycles. The Balaban J connectivity index is 1.69.